The summed E-state index contributed by atoms with van der Waals surface area (Å²) in [6.07, 6.45) is 5.80. The molecule has 0 spiro atoms. The molecule has 1 saturated carbocycles. The van der Waals surface area contributed by atoms with Gasteiger partial charge in [-0.2, -0.15) is 0 Å². The topological polar surface area (TPSA) is 18.5 Å². The molecule has 4 aromatic carbocycles. The molecule has 4 heteroatoms. The Morgan fingerprint density at radius 1 is 0.686 bits per heavy atom. The van der Waals surface area contributed by atoms with Crippen molar-refractivity contribution in [3.05, 3.63) is 115 Å². The van der Waals surface area contributed by atoms with E-state index < -0.39 is 5.31 Å². The third kappa shape index (κ3) is 4.53. The number of hydrogen-bond acceptors (Lipinski definition) is 2. The van der Waals surface area contributed by atoms with Crippen molar-refractivity contribution in [2.45, 2.75) is 37.9 Å². The maximum absolute atomic E-state index is 6.48. The normalized spacial score (nSPS) is 15.3. The van der Waals surface area contributed by atoms with Gasteiger partial charge in [0.25, 0.3) is 0 Å². The fourth-order valence-corrected chi connectivity index (χ4v) is 13.1. The Morgan fingerprint density at radius 2 is 1.17 bits per heavy atom. The van der Waals surface area contributed by atoms with Crippen LogP contribution in [0.3, 0.4) is 0 Å². The molecular weight excluding hydrogens is 515 g/mol. The Bertz CT molecular complexity index is 1160. The molecule has 0 radical (unpaired) electrons. The first-order valence-corrected chi connectivity index (χ1v) is 16.8. The first-order valence-electron chi connectivity index (χ1n) is 12.3. The SMILES string of the molecule is COc1ccc(CP(Br)(c2ccccc2)(c2ccccc2)c2ccccc2)cc1OC1CCCC1. The number of hydrogen-bond donors (Lipinski definition) is 0. The quantitative estimate of drug-likeness (QED) is 0.215. The van der Waals surface area contributed by atoms with E-state index in [4.69, 9.17) is 9.47 Å². The Labute approximate surface area is 217 Å². The molecule has 0 aromatic heterocycles. The van der Waals surface area contributed by atoms with Crippen LogP contribution in [0.2, 0.25) is 0 Å². The average Bonchev–Trinajstić information content (AvgIpc) is 3.44. The van der Waals surface area contributed by atoms with Gasteiger partial charge in [0, 0.05) is 0 Å². The van der Waals surface area contributed by atoms with Crippen LogP contribution in [0.25, 0.3) is 0 Å². The molecule has 0 heterocycles. The van der Waals surface area contributed by atoms with Crippen molar-refractivity contribution in [3.8, 4) is 11.5 Å². The molecule has 1 aliphatic carbocycles. The number of benzene rings is 4. The summed E-state index contributed by atoms with van der Waals surface area (Å²) in [5, 5.41) is 0.866. The van der Waals surface area contributed by atoms with Crippen molar-refractivity contribution in [2.24, 2.45) is 0 Å². The molecule has 180 valence electrons. The van der Waals surface area contributed by atoms with E-state index in [0.717, 1.165) is 30.5 Å². The van der Waals surface area contributed by atoms with Crippen LogP contribution in [0.4, 0.5) is 0 Å². The van der Waals surface area contributed by atoms with E-state index in [1.54, 1.807) is 7.11 Å². The van der Waals surface area contributed by atoms with Gasteiger partial charge >= 0.3 is 217 Å². The van der Waals surface area contributed by atoms with Gasteiger partial charge in [0.1, 0.15) is 0 Å². The summed E-state index contributed by atoms with van der Waals surface area (Å²) in [5.74, 6) is 1.65. The summed E-state index contributed by atoms with van der Waals surface area (Å²) < 4.78 is 12.2. The zero-order valence-electron chi connectivity index (χ0n) is 20.1. The second-order valence-electron chi connectivity index (χ2n) is 9.36. The van der Waals surface area contributed by atoms with Crippen molar-refractivity contribution in [1.82, 2.24) is 0 Å². The van der Waals surface area contributed by atoms with Crippen LogP contribution >= 0.6 is 20.8 Å². The van der Waals surface area contributed by atoms with Crippen molar-refractivity contribution in [3.63, 3.8) is 0 Å². The standard InChI is InChI=1S/C31H32BrO2P/c1-33-30-22-21-25(23-31(30)34-26-13-11-12-14-26)24-35(32,27-15-5-2-6-16-27,28-17-7-3-8-18-28)29-19-9-4-10-20-29/h2-10,15-23,26H,11-14,24H2,1H3. The number of halogens is 1. The monoisotopic (exact) mass is 546 g/mol. The first kappa shape index (κ1) is 24.1. The van der Waals surface area contributed by atoms with Crippen LogP contribution in [-0.4, -0.2) is 13.2 Å². The van der Waals surface area contributed by atoms with Crippen LogP contribution in [0.5, 0.6) is 11.5 Å². The van der Waals surface area contributed by atoms with Crippen LogP contribution in [0, 0.1) is 0 Å². The van der Waals surface area contributed by atoms with E-state index >= 15 is 0 Å². The fraction of sp³-hybridized carbons (Fsp3) is 0.226. The average molecular weight is 547 g/mol. The Kier molecular flexibility index (Phi) is 7.00. The first-order chi connectivity index (χ1) is 17.1. The van der Waals surface area contributed by atoms with Crippen LogP contribution < -0.4 is 25.4 Å². The van der Waals surface area contributed by atoms with Gasteiger partial charge in [0.05, 0.1) is 0 Å². The Hall–Kier alpha value is -2.61. The summed E-state index contributed by atoms with van der Waals surface area (Å²) in [6, 6.07) is 39.2. The van der Waals surface area contributed by atoms with E-state index in [-0.39, 0.29) is 6.10 Å². The van der Waals surface area contributed by atoms with E-state index in [2.05, 4.69) is 125 Å². The number of ether oxygens (including phenoxy) is 2. The molecule has 1 fully saturated rings. The van der Waals surface area contributed by atoms with Gasteiger partial charge in [-0.25, -0.2) is 0 Å². The molecule has 0 N–H and O–H groups in total. The number of methoxy groups -OCH3 is 1. The molecule has 0 amide bonds. The van der Waals surface area contributed by atoms with E-state index in [0.29, 0.717) is 0 Å². The molecule has 0 atom stereocenters. The zero-order chi connectivity index (χ0) is 24.2. The third-order valence-electron chi connectivity index (χ3n) is 7.19. The van der Waals surface area contributed by atoms with Crippen LogP contribution in [0.1, 0.15) is 31.2 Å². The molecule has 2 nitrogen and oxygen atoms in total. The molecule has 0 bridgehead atoms. The predicted octanol–water partition coefficient (Wildman–Crippen LogP) is 7.36. The second-order valence-corrected chi connectivity index (χ2v) is 18.3. The van der Waals surface area contributed by atoms with Crippen molar-refractivity contribution >= 4 is 36.7 Å². The predicted molar refractivity (Wildman–Crippen MR) is 154 cm³/mol. The molecule has 0 saturated heterocycles. The molecule has 0 aliphatic heterocycles. The van der Waals surface area contributed by atoms with Crippen LogP contribution in [-0.2, 0) is 6.16 Å². The van der Waals surface area contributed by atoms with Crippen molar-refractivity contribution < 1.29 is 9.47 Å². The van der Waals surface area contributed by atoms with E-state index in [9.17, 15) is 0 Å². The molecule has 0 unspecified atom stereocenters. The van der Waals surface area contributed by atoms with Gasteiger partial charge in [-0.05, 0) is 0 Å². The minimum absolute atomic E-state index is 0.274. The van der Waals surface area contributed by atoms with Gasteiger partial charge in [0.2, 0.25) is 0 Å². The summed E-state index contributed by atoms with van der Waals surface area (Å²) in [5.41, 5.74) is 1.23. The zero-order valence-corrected chi connectivity index (χ0v) is 22.6. The molecule has 4 aromatic rings. The fourth-order valence-electron chi connectivity index (χ4n) is 5.38. The van der Waals surface area contributed by atoms with Crippen LogP contribution in [0.15, 0.2) is 109 Å². The molecule has 5 rings (SSSR count). The Balaban J connectivity index is 1.70. The van der Waals surface area contributed by atoms with Gasteiger partial charge in [-0.3, -0.25) is 0 Å². The third-order valence-corrected chi connectivity index (χ3v) is 16.7. The Morgan fingerprint density at radius 3 is 1.63 bits per heavy atom. The van der Waals surface area contributed by atoms with E-state index in [1.165, 1.54) is 34.3 Å². The van der Waals surface area contributed by atoms with Gasteiger partial charge in [0.15, 0.2) is 0 Å². The van der Waals surface area contributed by atoms with Crippen molar-refractivity contribution in [2.75, 3.05) is 7.11 Å². The summed E-state index contributed by atoms with van der Waals surface area (Å²) in [7, 11) is 1.72. The van der Waals surface area contributed by atoms with Gasteiger partial charge in [-0.1, -0.05) is 0 Å². The minimum atomic E-state index is -3.06. The number of rotatable bonds is 8. The molecule has 1 aliphatic rings. The molecule has 35 heavy (non-hydrogen) atoms. The summed E-state index contributed by atoms with van der Waals surface area (Å²) in [4.78, 5) is 0. The van der Waals surface area contributed by atoms with Gasteiger partial charge in [-0.15, -0.1) is 0 Å². The van der Waals surface area contributed by atoms with E-state index in [1.807, 2.05) is 0 Å². The second kappa shape index (κ2) is 10.2. The molecular formula is C31H32BrO2P. The summed E-state index contributed by atoms with van der Waals surface area (Å²) in [6.45, 7) is 0. The van der Waals surface area contributed by atoms with Gasteiger partial charge < -0.3 is 0 Å². The van der Waals surface area contributed by atoms with Crippen molar-refractivity contribution in [1.29, 1.82) is 0 Å². The maximum atomic E-state index is 6.48. The summed E-state index contributed by atoms with van der Waals surface area (Å²) >= 11 is 4.56.